The van der Waals surface area contributed by atoms with Gasteiger partial charge in [-0.25, -0.2) is 0 Å². The fourth-order valence-electron chi connectivity index (χ4n) is 2.74. The van der Waals surface area contributed by atoms with Crippen LogP contribution in [0.3, 0.4) is 0 Å². The molecule has 0 radical (unpaired) electrons. The number of hydrogen-bond acceptors (Lipinski definition) is 3. The third kappa shape index (κ3) is 2.48. The lowest BCUT2D eigenvalue weighted by molar-refractivity contribution is 0.0145. The molecular formula is C16H19NO2. The summed E-state index contributed by atoms with van der Waals surface area (Å²) in [6.07, 6.45) is 2.33. The zero-order valence-corrected chi connectivity index (χ0v) is 11.2. The average molecular weight is 257 g/mol. The second-order valence-corrected chi connectivity index (χ2v) is 5.36. The largest absolute Gasteiger partial charge is 0.385 e. The molecule has 0 bridgehead atoms. The van der Waals surface area contributed by atoms with Crippen molar-refractivity contribution in [3.63, 3.8) is 0 Å². The average Bonchev–Trinajstić information content (AvgIpc) is 2.64. The highest BCUT2D eigenvalue weighted by atomic mass is 16.5. The Labute approximate surface area is 113 Å². The van der Waals surface area contributed by atoms with Crippen LogP contribution in [0, 0.1) is 6.92 Å². The number of hydrogen-bond donors (Lipinski definition) is 1. The van der Waals surface area contributed by atoms with Gasteiger partial charge in [0.25, 0.3) is 0 Å². The summed E-state index contributed by atoms with van der Waals surface area (Å²) in [4.78, 5) is 4.50. The van der Waals surface area contributed by atoms with Crippen LogP contribution < -0.4 is 0 Å². The van der Waals surface area contributed by atoms with Crippen LogP contribution in [-0.2, 0) is 10.3 Å². The van der Waals surface area contributed by atoms with Crippen LogP contribution in [0.5, 0.6) is 0 Å². The summed E-state index contributed by atoms with van der Waals surface area (Å²) in [5.41, 5.74) is 2.23. The van der Waals surface area contributed by atoms with Gasteiger partial charge in [0.15, 0.2) is 0 Å². The van der Waals surface area contributed by atoms with Crippen molar-refractivity contribution in [3.05, 3.63) is 41.6 Å². The number of aromatic nitrogens is 1. The minimum Gasteiger partial charge on any atom is -0.385 e. The predicted octanol–water partition coefficient (Wildman–Crippen LogP) is 2.93. The monoisotopic (exact) mass is 257 g/mol. The van der Waals surface area contributed by atoms with Crippen molar-refractivity contribution >= 4 is 10.9 Å². The summed E-state index contributed by atoms with van der Waals surface area (Å²) in [5.74, 6) is 0. The SMILES string of the molecule is Cc1ccc2cc(C3(O)CCCOCC3)ccc2n1. The van der Waals surface area contributed by atoms with E-state index in [4.69, 9.17) is 4.74 Å². The molecule has 19 heavy (non-hydrogen) atoms. The fraction of sp³-hybridized carbons (Fsp3) is 0.438. The highest BCUT2D eigenvalue weighted by molar-refractivity contribution is 5.79. The maximum atomic E-state index is 10.8. The molecule has 1 fully saturated rings. The van der Waals surface area contributed by atoms with Crippen LogP contribution in [0.4, 0.5) is 0 Å². The number of nitrogens with zero attached hydrogens (tertiary/aromatic N) is 1. The number of ether oxygens (including phenoxy) is 1. The first-order valence-corrected chi connectivity index (χ1v) is 6.85. The molecule has 0 aliphatic carbocycles. The molecule has 2 aromatic rings. The third-order valence-electron chi connectivity index (χ3n) is 3.90. The van der Waals surface area contributed by atoms with Gasteiger partial charge < -0.3 is 9.84 Å². The molecule has 1 aromatic heterocycles. The zero-order valence-electron chi connectivity index (χ0n) is 11.2. The molecule has 1 aromatic carbocycles. The molecule has 3 nitrogen and oxygen atoms in total. The van der Waals surface area contributed by atoms with Crippen molar-refractivity contribution in [2.45, 2.75) is 31.8 Å². The van der Waals surface area contributed by atoms with Gasteiger partial charge in [-0.15, -0.1) is 0 Å². The fourth-order valence-corrected chi connectivity index (χ4v) is 2.74. The van der Waals surface area contributed by atoms with Crippen LogP contribution in [-0.4, -0.2) is 23.3 Å². The van der Waals surface area contributed by atoms with Gasteiger partial charge in [-0.05, 0) is 43.5 Å². The Kier molecular flexibility index (Phi) is 3.25. The Morgan fingerprint density at radius 1 is 1.16 bits per heavy atom. The number of benzene rings is 1. The molecule has 0 saturated carbocycles. The summed E-state index contributed by atoms with van der Waals surface area (Å²) in [7, 11) is 0. The van der Waals surface area contributed by atoms with E-state index in [0.29, 0.717) is 13.0 Å². The van der Waals surface area contributed by atoms with E-state index >= 15 is 0 Å². The van der Waals surface area contributed by atoms with Gasteiger partial charge in [0, 0.05) is 30.7 Å². The summed E-state index contributed by atoms with van der Waals surface area (Å²) in [6.45, 7) is 3.36. The van der Waals surface area contributed by atoms with Gasteiger partial charge in [0.1, 0.15) is 0 Å². The number of aliphatic hydroxyl groups is 1. The molecule has 2 heterocycles. The number of fused-ring (bicyclic) bond motifs is 1. The van der Waals surface area contributed by atoms with E-state index in [1.807, 2.05) is 25.1 Å². The summed E-state index contributed by atoms with van der Waals surface area (Å²) < 4.78 is 5.44. The minimum absolute atomic E-state index is 0.626. The molecule has 0 amide bonds. The highest BCUT2D eigenvalue weighted by Gasteiger charge is 2.30. The van der Waals surface area contributed by atoms with Gasteiger partial charge in [0.05, 0.1) is 11.1 Å². The molecule has 1 unspecified atom stereocenters. The third-order valence-corrected chi connectivity index (χ3v) is 3.90. The lowest BCUT2D eigenvalue weighted by atomic mass is 9.86. The van der Waals surface area contributed by atoms with Crippen molar-refractivity contribution in [3.8, 4) is 0 Å². The van der Waals surface area contributed by atoms with Gasteiger partial charge in [-0.3, -0.25) is 4.98 Å². The molecule has 1 aliphatic rings. The summed E-state index contributed by atoms with van der Waals surface area (Å²) in [6, 6.07) is 10.1. The molecular weight excluding hydrogens is 238 g/mol. The van der Waals surface area contributed by atoms with Gasteiger partial charge in [-0.1, -0.05) is 12.1 Å². The maximum absolute atomic E-state index is 10.8. The van der Waals surface area contributed by atoms with E-state index in [0.717, 1.165) is 41.6 Å². The Morgan fingerprint density at radius 3 is 2.95 bits per heavy atom. The van der Waals surface area contributed by atoms with E-state index in [1.165, 1.54) is 0 Å². The van der Waals surface area contributed by atoms with Gasteiger partial charge in [-0.2, -0.15) is 0 Å². The van der Waals surface area contributed by atoms with E-state index in [9.17, 15) is 5.11 Å². The molecule has 1 N–H and O–H groups in total. The first-order chi connectivity index (χ1) is 9.17. The zero-order chi connectivity index (χ0) is 13.3. The maximum Gasteiger partial charge on any atom is 0.0919 e. The molecule has 0 spiro atoms. The number of pyridine rings is 1. The van der Waals surface area contributed by atoms with Crippen molar-refractivity contribution < 1.29 is 9.84 Å². The van der Waals surface area contributed by atoms with Crippen LogP contribution in [0.1, 0.15) is 30.5 Å². The van der Waals surface area contributed by atoms with E-state index in [2.05, 4.69) is 17.1 Å². The topological polar surface area (TPSA) is 42.4 Å². The Bertz CT molecular complexity index is 586. The molecule has 3 heteroatoms. The first kappa shape index (κ1) is 12.6. The predicted molar refractivity (Wildman–Crippen MR) is 75.0 cm³/mol. The first-order valence-electron chi connectivity index (χ1n) is 6.85. The highest BCUT2D eigenvalue weighted by Crippen LogP contribution is 2.33. The van der Waals surface area contributed by atoms with Crippen LogP contribution >= 0.6 is 0 Å². The number of rotatable bonds is 1. The van der Waals surface area contributed by atoms with Crippen LogP contribution in [0.25, 0.3) is 10.9 Å². The van der Waals surface area contributed by atoms with E-state index in [-0.39, 0.29) is 0 Å². The molecule has 1 saturated heterocycles. The van der Waals surface area contributed by atoms with Crippen LogP contribution in [0.15, 0.2) is 30.3 Å². The van der Waals surface area contributed by atoms with Crippen molar-refractivity contribution in [1.29, 1.82) is 0 Å². The molecule has 1 atom stereocenters. The van der Waals surface area contributed by atoms with Gasteiger partial charge >= 0.3 is 0 Å². The van der Waals surface area contributed by atoms with E-state index < -0.39 is 5.60 Å². The quantitative estimate of drug-likeness (QED) is 0.854. The van der Waals surface area contributed by atoms with Crippen molar-refractivity contribution in [1.82, 2.24) is 4.98 Å². The van der Waals surface area contributed by atoms with Crippen molar-refractivity contribution in [2.24, 2.45) is 0 Å². The lowest BCUT2D eigenvalue weighted by Gasteiger charge is -2.26. The van der Waals surface area contributed by atoms with Crippen LogP contribution in [0.2, 0.25) is 0 Å². The second kappa shape index (κ2) is 4.91. The Hall–Kier alpha value is -1.45. The molecule has 100 valence electrons. The minimum atomic E-state index is -0.754. The summed E-state index contributed by atoms with van der Waals surface area (Å²) >= 11 is 0. The Morgan fingerprint density at radius 2 is 2.05 bits per heavy atom. The standard InChI is InChI=1S/C16H19NO2/c1-12-3-4-13-11-14(5-6-15(13)17-12)16(18)7-2-9-19-10-8-16/h3-6,11,18H,2,7-10H2,1H3. The lowest BCUT2D eigenvalue weighted by Crippen LogP contribution is -2.25. The number of aryl methyl sites for hydroxylation is 1. The summed E-state index contributed by atoms with van der Waals surface area (Å²) in [5, 5.41) is 11.9. The molecule has 3 rings (SSSR count). The molecule has 1 aliphatic heterocycles. The smallest absolute Gasteiger partial charge is 0.0919 e. The normalized spacial score (nSPS) is 24.3. The van der Waals surface area contributed by atoms with Crippen molar-refractivity contribution in [2.75, 3.05) is 13.2 Å². The van der Waals surface area contributed by atoms with Gasteiger partial charge in [0.2, 0.25) is 0 Å². The Balaban J connectivity index is 2.02. The second-order valence-electron chi connectivity index (χ2n) is 5.36. The van der Waals surface area contributed by atoms with E-state index in [1.54, 1.807) is 0 Å².